The monoisotopic (exact) mass is 461 g/mol. The van der Waals surface area contributed by atoms with Crippen molar-refractivity contribution in [2.45, 2.75) is 64.5 Å². The number of esters is 1. The van der Waals surface area contributed by atoms with Gasteiger partial charge in [0.1, 0.15) is 11.8 Å². The molecular formula is C23H32ClN5O3. The van der Waals surface area contributed by atoms with Crippen LogP contribution in [0.15, 0.2) is 18.2 Å². The lowest BCUT2D eigenvalue weighted by Crippen LogP contribution is -2.51. The minimum Gasteiger partial charge on any atom is -0.490 e. The smallest absolute Gasteiger partial charge is 0.323 e. The minimum absolute atomic E-state index is 0.0553. The summed E-state index contributed by atoms with van der Waals surface area (Å²) < 4.78 is 12.0. The molecule has 1 aliphatic heterocycles. The molecule has 1 aromatic carbocycles. The van der Waals surface area contributed by atoms with Crippen molar-refractivity contribution in [2.75, 3.05) is 13.2 Å². The van der Waals surface area contributed by atoms with E-state index in [1.54, 1.807) is 6.07 Å². The number of aromatic nitrogens is 4. The van der Waals surface area contributed by atoms with Gasteiger partial charge in [-0.3, -0.25) is 4.79 Å². The Morgan fingerprint density at radius 3 is 2.81 bits per heavy atom. The second-order valence-electron chi connectivity index (χ2n) is 8.93. The molecule has 1 saturated heterocycles. The van der Waals surface area contributed by atoms with E-state index < -0.39 is 0 Å². The molecule has 1 aromatic heterocycles. The molecule has 0 radical (unpaired) electrons. The van der Waals surface area contributed by atoms with Crippen LogP contribution in [0.25, 0.3) is 11.4 Å². The Morgan fingerprint density at radius 1 is 1.22 bits per heavy atom. The maximum atomic E-state index is 12.6. The molecule has 2 aliphatic rings. The number of piperidine rings is 1. The third-order valence-corrected chi connectivity index (χ3v) is 7.31. The van der Waals surface area contributed by atoms with Crippen LogP contribution in [0.2, 0.25) is 5.02 Å². The van der Waals surface area contributed by atoms with E-state index in [-0.39, 0.29) is 18.1 Å². The zero-order valence-corrected chi connectivity index (χ0v) is 19.5. The fourth-order valence-corrected chi connectivity index (χ4v) is 5.15. The van der Waals surface area contributed by atoms with Crippen molar-refractivity contribution in [2.24, 2.45) is 17.8 Å². The van der Waals surface area contributed by atoms with Crippen molar-refractivity contribution in [3.8, 4) is 17.1 Å². The van der Waals surface area contributed by atoms with Gasteiger partial charge >= 0.3 is 5.97 Å². The third-order valence-electron chi connectivity index (χ3n) is 7.00. The first kappa shape index (κ1) is 23.0. The number of carbonyl (C=O) groups excluding carboxylic acids is 1. The predicted octanol–water partition coefficient (Wildman–Crippen LogP) is 4.03. The Kier molecular flexibility index (Phi) is 7.63. The van der Waals surface area contributed by atoms with Crippen LogP contribution >= 0.6 is 11.6 Å². The summed E-state index contributed by atoms with van der Waals surface area (Å²) in [7, 11) is 0. The molecule has 0 bridgehead atoms. The highest BCUT2D eigenvalue weighted by atomic mass is 35.5. The van der Waals surface area contributed by atoms with Crippen molar-refractivity contribution in [3.05, 3.63) is 23.2 Å². The molecule has 2 N–H and O–H groups in total. The molecule has 2 unspecified atom stereocenters. The number of rotatable bonds is 8. The van der Waals surface area contributed by atoms with Crippen LogP contribution in [-0.2, 0) is 9.53 Å². The summed E-state index contributed by atoms with van der Waals surface area (Å²) in [5, 5.41) is 18.2. The summed E-state index contributed by atoms with van der Waals surface area (Å²) in [5.41, 5.74) is 0.651. The van der Waals surface area contributed by atoms with Crippen LogP contribution in [0.5, 0.6) is 5.75 Å². The number of fused-ring (bicyclic) bond motifs is 1. The second-order valence-corrected chi connectivity index (χ2v) is 9.34. The number of ether oxygens (including phenoxy) is 2. The molecule has 32 heavy (non-hydrogen) atoms. The lowest BCUT2D eigenvalue weighted by atomic mass is 9.72. The first-order valence-electron chi connectivity index (χ1n) is 11.7. The highest BCUT2D eigenvalue weighted by Crippen LogP contribution is 2.40. The quantitative estimate of drug-likeness (QED) is 0.572. The molecule has 0 spiro atoms. The molecule has 0 amide bonds. The lowest BCUT2D eigenvalue weighted by Gasteiger charge is -2.42. The molecule has 8 nitrogen and oxygen atoms in total. The maximum absolute atomic E-state index is 12.6. The van der Waals surface area contributed by atoms with Gasteiger partial charge in [0.25, 0.3) is 0 Å². The number of aromatic amines is 1. The van der Waals surface area contributed by atoms with Gasteiger partial charge in [-0.1, -0.05) is 44.4 Å². The van der Waals surface area contributed by atoms with E-state index >= 15 is 0 Å². The number of hydrogen-bond acceptors (Lipinski definition) is 7. The average molecular weight is 462 g/mol. The van der Waals surface area contributed by atoms with Crippen molar-refractivity contribution < 1.29 is 14.3 Å². The Morgan fingerprint density at radius 2 is 2.06 bits per heavy atom. The number of benzene rings is 1. The molecule has 1 saturated carbocycles. The van der Waals surface area contributed by atoms with Gasteiger partial charge in [-0.05, 0) is 67.3 Å². The number of nitrogens with zero attached hydrogens (tertiary/aromatic N) is 3. The Balaban J connectivity index is 1.38. The molecular weight excluding hydrogens is 430 g/mol. The number of hydrogen-bond donors (Lipinski definition) is 2. The summed E-state index contributed by atoms with van der Waals surface area (Å²) >= 11 is 6.41. The van der Waals surface area contributed by atoms with E-state index in [1.807, 2.05) is 12.1 Å². The summed E-state index contributed by atoms with van der Waals surface area (Å²) in [6, 6.07) is 5.32. The molecule has 2 aromatic rings. The van der Waals surface area contributed by atoms with Gasteiger partial charge in [-0.2, -0.15) is 5.21 Å². The van der Waals surface area contributed by atoms with Gasteiger partial charge in [0, 0.05) is 0 Å². The number of nitrogens with one attached hydrogen (secondary N) is 2. The molecule has 2 heterocycles. The zero-order valence-electron chi connectivity index (χ0n) is 18.7. The Bertz CT molecular complexity index is 890. The number of carbonyl (C=O) groups is 1. The van der Waals surface area contributed by atoms with E-state index in [0.717, 1.165) is 45.1 Å². The maximum Gasteiger partial charge on any atom is 0.323 e. The number of tetrazole rings is 1. The zero-order chi connectivity index (χ0) is 22.5. The van der Waals surface area contributed by atoms with Gasteiger partial charge in [0.05, 0.1) is 23.3 Å². The van der Waals surface area contributed by atoms with Crippen LogP contribution in [-0.4, -0.2) is 51.9 Å². The van der Waals surface area contributed by atoms with Crippen LogP contribution < -0.4 is 10.1 Å². The van der Waals surface area contributed by atoms with E-state index in [2.05, 4.69) is 39.8 Å². The van der Waals surface area contributed by atoms with Gasteiger partial charge in [0.2, 0.25) is 5.82 Å². The summed E-state index contributed by atoms with van der Waals surface area (Å²) in [5.74, 6) is 2.39. The molecule has 4 rings (SSSR count). The van der Waals surface area contributed by atoms with Crippen LogP contribution in [0, 0.1) is 17.8 Å². The van der Waals surface area contributed by atoms with Crippen molar-refractivity contribution in [1.82, 2.24) is 25.9 Å². The Labute approximate surface area is 193 Å². The molecule has 9 heteroatoms. The Hall–Kier alpha value is -2.19. The van der Waals surface area contributed by atoms with E-state index in [4.69, 9.17) is 21.1 Å². The average Bonchev–Trinajstić information content (AvgIpc) is 3.33. The highest BCUT2D eigenvalue weighted by Gasteiger charge is 2.39. The van der Waals surface area contributed by atoms with Crippen molar-refractivity contribution >= 4 is 17.6 Å². The summed E-state index contributed by atoms with van der Waals surface area (Å²) in [6.07, 6.45) is 5.84. The summed E-state index contributed by atoms with van der Waals surface area (Å²) in [6.45, 7) is 5.64. The van der Waals surface area contributed by atoms with Gasteiger partial charge in [-0.15, -0.1) is 10.2 Å². The van der Waals surface area contributed by atoms with Crippen LogP contribution in [0.1, 0.15) is 52.4 Å². The topological polar surface area (TPSA) is 102 Å². The molecule has 4 atom stereocenters. The third kappa shape index (κ3) is 5.23. The standard InChI is InChI=1S/C23H32ClN5O3/c1-3-14(4-2)13-31-23(30)19-11-16-10-17(9-8-15(16)12-25-19)32-20-7-5-6-18(24)21(20)22-26-28-29-27-22/h5-7,14-17,19,25H,3-4,8-13H2,1-2H3,(H,26,27,28,29)/t15?,16?,17-,19-/m0/s1. The van der Waals surface area contributed by atoms with Crippen molar-refractivity contribution in [3.63, 3.8) is 0 Å². The highest BCUT2D eigenvalue weighted by molar-refractivity contribution is 6.33. The fourth-order valence-electron chi connectivity index (χ4n) is 4.90. The van der Waals surface area contributed by atoms with Gasteiger partial charge in [-0.25, -0.2) is 0 Å². The fraction of sp³-hybridized carbons (Fsp3) is 0.652. The van der Waals surface area contributed by atoms with E-state index in [1.165, 1.54) is 0 Å². The van der Waals surface area contributed by atoms with Gasteiger partial charge < -0.3 is 14.8 Å². The molecule has 2 fully saturated rings. The normalized spacial score (nSPS) is 25.4. The SMILES string of the molecule is CCC(CC)COC(=O)[C@@H]1CC2C[C@@H](Oc3cccc(Cl)c3-c3nn[nH]n3)CCC2CN1. The van der Waals surface area contributed by atoms with Crippen molar-refractivity contribution in [1.29, 1.82) is 0 Å². The first-order chi connectivity index (χ1) is 15.6. The van der Waals surface area contributed by atoms with Crippen LogP contribution in [0.4, 0.5) is 0 Å². The predicted molar refractivity (Wildman–Crippen MR) is 121 cm³/mol. The lowest BCUT2D eigenvalue weighted by molar-refractivity contribution is -0.149. The summed E-state index contributed by atoms with van der Waals surface area (Å²) in [4.78, 5) is 12.6. The number of halogens is 1. The molecule has 174 valence electrons. The van der Waals surface area contributed by atoms with E-state index in [0.29, 0.717) is 46.5 Å². The van der Waals surface area contributed by atoms with Crippen LogP contribution in [0.3, 0.4) is 0 Å². The first-order valence-corrected chi connectivity index (χ1v) is 12.1. The van der Waals surface area contributed by atoms with E-state index in [9.17, 15) is 4.79 Å². The van der Waals surface area contributed by atoms with Gasteiger partial charge in [0.15, 0.2) is 0 Å². The molecule has 1 aliphatic carbocycles. The minimum atomic E-state index is -0.231. The number of H-pyrrole nitrogens is 1. The second kappa shape index (κ2) is 10.6. The largest absolute Gasteiger partial charge is 0.490 e.